The highest BCUT2D eigenvalue weighted by atomic mass is 16.1. The molecule has 4 N–H and O–H groups in total. The molecule has 2 aromatic rings. The number of hydrogen-bond donors (Lipinski definition) is 3. The normalized spacial score (nSPS) is 14.1. The SMILES string of the molecule is NNc1ncc(C(=O)NCCCC2CC2)c2ccccc12. The van der Waals surface area contributed by atoms with Crippen LogP contribution in [0.5, 0.6) is 0 Å². The van der Waals surface area contributed by atoms with Crippen molar-refractivity contribution in [2.45, 2.75) is 25.7 Å². The molecule has 1 fully saturated rings. The monoisotopic (exact) mass is 284 g/mol. The van der Waals surface area contributed by atoms with Gasteiger partial charge in [-0.25, -0.2) is 10.8 Å². The highest BCUT2D eigenvalue weighted by Crippen LogP contribution is 2.33. The van der Waals surface area contributed by atoms with Crippen LogP contribution in [0.3, 0.4) is 0 Å². The molecule has 0 spiro atoms. The van der Waals surface area contributed by atoms with Crippen molar-refractivity contribution in [1.29, 1.82) is 0 Å². The number of rotatable bonds is 6. The minimum absolute atomic E-state index is 0.0712. The topological polar surface area (TPSA) is 80.0 Å². The standard InChI is InChI=1S/C16H20N4O/c17-20-15-13-6-2-1-5-12(13)14(10-19-15)16(21)18-9-3-4-11-7-8-11/h1-2,5-6,10-11H,3-4,7-9,17H2,(H,18,21)(H,19,20). The highest BCUT2D eigenvalue weighted by molar-refractivity contribution is 6.09. The Labute approximate surface area is 123 Å². The van der Waals surface area contributed by atoms with Crippen molar-refractivity contribution in [2.24, 2.45) is 11.8 Å². The molecule has 0 bridgehead atoms. The van der Waals surface area contributed by atoms with Gasteiger partial charge in [0.2, 0.25) is 0 Å². The maximum Gasteiger partial charge on any atom is 0.253 e. The molecule has 5 nitrogen and oxygen atoms in total. The lowest BCUT2D eigenvalue weighted by atomic mass is 10.1. The lowest BCUT2D eigenvalue weighted by molar-refractivity contribution is 0.0954. The van der Waals surface area contributed by atoms with E-state index in [1.54, 1.807) is 6.20 Å². The first kappa shape index (κ1) is 13.8. The number of nitrogens with one attached hydrogen (secondary N) is 2. The Morgan fingerprint density at radius 1 is 1.29 bits per heavy atom. The summed E-state index contributed by atoms with van der Waals surface area (Å²) in [4.78, 5) is 16.5. The van der Waals surface area contributed by atoms with E-state index in [2.05, 4.69) is 15.7 Å². The van der Waals surface area contributed by atoms with Gasteiger partial charge in [-0.05, 0) is 24.1 Å². The number of pyridine rings is 1. The van der Waals surface area contributed by atoms with Gasteiger partial charge in [-0.15, -0.1) is 0 Å². The van der Waals surface area contributed by atoms with Crippen molar-refractivity contribution < 1.29 is 4.79 Å². The van der Waals surface area contributed by atoms with Crippen LogP contribution in [-0.4, -0.2) is 17.4 Å². The molecule has 0 unspecified atom stereocenters. The van der Waals surface area contributed by atoms with Gasteiger partial charge in [0, 0.05) is 18.1 Å². The molecule has 1 saturated carbocycles. The summed E-state index contributed by atoms with van der Waals surface area (Å²) in [7, 11) is 0. The maximum absolute atomic E-state index is 12.3. The van der Waals surface area contributed by atoms with Crippen molar-refractivity contribution in [3.63, 3.8) is 0 Å². The summed E-state index contributed by atoms with van der Waals surface area (Å²) < 4.78 is 0. The molecule has 1 aliphatic carbocycles. The molecule has 110 valence electrons. The third-order valence-electron chi connectivity index (χ3n) is 3.95. The number of aromatic nitrogens is 1. The van der Waals surface area contributed by atoms with Gasteiger partial charge in [0.1, 0.15) is 5.82 Å². The number of nitrogen functional groups attached to an aromatic ring is 1. The zero-order valence-corrected chi connectivity index (χ0v) is 11.9. The number of hydrogen-bond acceptors (Lipinski definition) is 4. The van der Waals surface area contributed by atoms with Crippen LogP contribution in [0.15, 0.2) is 30.5 Å². The van der Waals surface area contributed by atoms with Crippen molar-refractivity contribution in [2.75, 3.05) is 12.0 Å². The molecule has 3 rings (SSSR count). The number of nitrogens with two attached hydrogens (primary N) is 1. The summed E-state index contributed by atoms with van der Waals surface area (Å²) in [5.41, 5.74) is 3.16. The van der Waals surface area contributed by atoms with Gasteiger partial charge >= 0.3 is 0 Å². The number of amides is 1. The van der Waals surface area contributed by atoms with Crippen molar-refractivity contribution in [1.82, 2.24) is 10.3 Å². The number of fused-ring (bicyclic) bond motifs is 1. The predicted octanol–water partition coefficient (Wildman–Crippen LogP) is 2.44. The Kier molecular flexibility index (Phi) is 4.01. The molecule has 0 saturated heterocycles. The summed E-state index contributed by atoms with van der Waals surface area (Å²) in [5, 5.41) is 4.69. The number of carbonyl (C=O) groups excluding carboxylic acids is 1. The van der Waals surface area contributed by atoms with E-state index in [0.717, 1.165) is 29.7 Å². The van der Waals surface area contributed by atoms with Crippen LogP contribution in [0.4, 0.5) is 5.82 Å². The fraction of sp³-hybridized carbons (Fsp3) is 0.375. The van der Waals surface area contributed by atoms with E-state index in [1.807, 2.05) is 24.3 Å². The first-order valence-electron chi connectivity index (χ1n) is 7.42. The van der Waals surface area contributed by atoms with Crippen LogP contribution in [0.25, 0.3) is 10.8 Å². The smallest absolute Gasteiger partial charge is 0.253 e. The van der Waals surface area contributed by atoms with E-state index in [-0.39, 0.29) is 5.91 Å². The fourth-order valence-corrected chi connectivity index (χ4v) is 2.58. The summed E-state index contributed by atoms with van der Waals surface area (Å²) >= 11 is 0. The lowest BCUT2D eigenvalue weighted by Gasteiger charge is -2.10. The summed E-state index contributed by atoms with van der Waals surface area (Å²) in [5.74, 6) is 6.87. The van der Waals surface area contributed by atoms with Gasteiger partial charge in [-0.1, -0.05) is 37.1 Å². The Hall–Kier alpha value is -2.14. The summed E-state index contributed by atoms with van der Waals surface area (Å²) in [6.07, 6.45) is 6.55. The van der Waals surface area contributed by atoms with Gasteiger partial charge in [0.15, 0.2) is 0 Å². The van der Waals surface area contributed by atoms with E-state index in [0.29, 0.717) is 11.4 Å². The number of carbonyl (C=O) groups is 1. The van der Waals surface area contributed by atoms with E-state index in [9.17, 15) is 4.79 Å². The highest BCUT2D eigenvalue weighted by Gasteiger charge is 2.20. The number of nitrogens with zero attached hydrogens (tertiary/aromatic N) is 1. The zero-order chi connectivity index (χ0) is 14.7. The zero-order valence-electron chi connectivity index (χ0n) is 11.9. The van der Waals surface area contributed by atoms with Crippen LogP contribution in [0, 0.1) is 5.92 Å². The van der Waals surface area contributed by atoms with E-state index >= 15 is 0 Å². The third-order valence-corrected chi connectivity index (χ3v) is 3.95. The minimum atomic E-state index is -0.0712. The van der Waals surface area contributed by atoms with Crippen LogP contribution >= 0.6 is 0 Å². The molecule has 1 aliphatic rings. The predicted molar refractivity (Wildman–Crippen MR) is 83.8 cm³/mol. The molecule has 0 aliphatic heterocycles. The molecule has 0 radical (unpaired) electrons. The summed E-state index contributed by atoms with van der Waals surface area (Å²) in [6, 6.07) is 7.63. The van der Waals surface area contributed by atoms with Crippen LogP contribution < -0.4 is 16.6 Å². The second-order valence-corrected chi connectivity index (χ2v) is 5.55. The van der Waals surface area contributed by atoms with E-state index in [4.69, 9.17) is 5.84 Å². The Bertz CT molecular complexity index is 652. The molecule has 21 heavy (non-hydrogen) atoms. The summed E-state index contributed by atoms with van der Waals surface area (Å²) in [6.45, 7) is 0.723. The number of benzene rings is 1. The second kappa shape index (κ2) is 6.10. The number of hydrazine groups is 1. The molecule has 1 aromatic heterocycles. The van der Waals surface area contributed by atoms with Crippen molar-refractivity contribution >= 4 is 22.5 Å². The molecule has 1 amide bonds. The average Bonchev–Trinajstić information content (AvgIpc) is 3.34. The molecule has 1 heterocycles. The van der Waals surface area contributed by atoms with Crippen LogP contribution in [0.2, 0.25) is 0 Å². The van der Waals surface area contributed by atoms with Crippen molar-refractivity contribution in [3.8, 4) is 0 Å². The molecular formula is C16H20N4O. The second-order valence-electron chi connectivity index (χ2n) is 5.55. The number of anilines is 1. The quantitative estimate of drug-likeness (QED) is 0.432. The Morgan fingerprint density at radius 2 is 2.05 bits per heavy atom. The minimum Gasteiger partial charge on any atom is -0.352 e. The van der Waals surface area contributed by atoms with Gasteiger partial charge in [-0.2, -0.15) is 0 Å². The van der Waals surface area contributed by atoms with E-state index in [1.165, 1.54) is 19.3 Å². The van der Waals surface area contributed by atoms with Gasteiger partial charge in [0.25, 0.3) is 5.91 Å². The molecular weight excluding hydrogens is 264 g/mol. The van der Waals surface area contributed by atoms with Crippen LogP contribution in [0.1, 0.15) is 36.0 Å². The van der Waals surface area contributed by atoms with E-state index < -0.39 is 0 Å². The Morgan fingerprint density at radius 3 is 2.76 bits per heavy atom. The maximum atomic E-state index is 12.3. The third kappa shape index (κ3) is 3.13. The lowest BCUT2D eigenvalue weighted by Crippen LogP contribution is -2.25. The first-order chi connectivity index (χ1) is 10.3. The van der Waals surface area contributed by atoms with Gasteiger partial charge in [0.05, 0.1) is 5.56 Å². The molecule has 1 aromatic carbocycles. The van der Waals surface area contributed by atoms with Gasteiger partial charge < -0.3 is 10.7 Å². The Balaban J connectivity index is 1.74. The first-order valence-corrected chi connectivity index (χ1v) is 7.42. The van der Waals surface area contributed by atoms with Crippen LogP contribution in [-0.2, 0) is 0 Å². The average molecular weight is 284 g/mol. The largest absolute Gasteiger partial charge is 0.352 e. The molecule has 5 heteroatoms. The fourth-order valence-electron chi connectivity index (χ4n) is 2.58. The van der Waals surface area contributed by atoms with Gasteiger partial charge in [-0.3, -0.25) is 4.79 Å². The molecule has 0 atom stereocenters. The van der Waals surface area contributed by atoms with Crippen molar-refractivity contribution in [3.05, 3.63) is 36.0 Å².